The molecule has 0 aliphatic heterocycles. The fourth-order valence-electron chi connectivity index (χ4n) is 1.37. The van der Waals surface area contributed by atoms with Gasteiger partial charge in [-0.2, -0.15) is 15.0 Å². The molecule has 0 unspecified atom stereocenters. The minimum atomic E-state index is -0.518. The van der Waals surface area contributed by atoms with Crippen LogP contribution in [0.15, 0.2) is 23.9 Å². The molecule has 2 heterocycles. The van der Waals surface area contributed by atoms with Gasteiger partial charge in [-0.3, -0.25) is 9.36 Å². The number of carbonyl (C=O) groups is 1. The van der Waals surface area contributed by atoms with E-state index in [9.17, 15) is 4.79 Å². The van der Waals surface area contributed by atoms with Crippen LogP contribution in [-0.2, 0) is 9.53 Å². The van der Waals surface area contributed by atoms with E-state index in [0.717, 1.165) is 11.8 Å². The standard InChI is InChI=1S/C12H14ClN5O2S/c1-12(2,3)20-8(19)6-21-11-16-9(13)15-10(17-11)18-5-4-14-7-18/h4-5,7H,6H2,1-3H3. The molecule has 0 saturated heterocycles. The Balaban J connectivity index is 2.06. The molecule has 0 spiro atoms. The first kappa shape index (κ1) is 15.7. The summed E-state index contributed by atoms with van der Waals surface area (Å²) in [6.45, 7) is 5.44. The molecule has 0 bridgehead atoms. The number of rotatable bonds is 4. The van der Waals surface area contributed by atoms with Crippen molar-refractivity contribution in [1.82, 2.24) is 24.5 Å². The summed E-state index contributed by atoms with van der Waals surface area (Å²) >= 11 is 7.00. The van der Waals surface area contributed by atoms with E-state index in [4.69, 9.17) is 16.3 Å². The van der Waals surface area contributed by atoms with Crippen molar-refractivity contribution >= 4 is 29.3 Å². The Morgan fingerprint density at radius 1 is 1.38 bits per heavy atom. The summed E-state index contributed by atoms with van der Waals surface area (Å²) in [4.78, 5) is 27.8. The third kappa shape index (κ3) is 4.98. The van der Waals surface area contributed by atoms with Gasteiger partial charge in [0.2, 0.25) is 11.2 Å². The maximum absolute atomic E-state index is 11.7. The van der Waals surface area contributed by atoms with Gasteiger partial charge in [-0.25, -0.2) is 4.98 Å². The number of aromatic nitrogens is 5. The van der Waals surface area contributed by atoms with Gasteiger partial charge in [0.15, 0.2) is 5.16 Å². The van der Waals surface area contributed by atoms with Crippen molar-refractivity contribution in [3.05, 3.63) is 24.0 Å². The second kappa shape index (κ2) is 6.40. The zero-order valence-electron chi connectivity index (χ0n) is 11.8. The number of nitrogens with zero attached hydrogens (tertiary/aromatic N) is 5. The Bertz CT molecular complexity index is 627. The van der Waals surface area contributed by atoms with Crippen molar-refractivity contribution in [3.63, 3.8) is 0 Å². The van der Waals surface area contributed by atoms with Crippen LogP contribution in [0.2, 0.25) is 5.28 Å². The number of halogens is 1. The number of thioether (sulfide) groups is 1. The number of carbonyl (C=O) groups excluding carboxylic acids is 1. The predicted molar refractivity (Wildman–Crippen MR) is 78.5 cm³/mol. The van der Waals surface area contributed by atoms with Crippen molar-refractivity contribution in [2.24, 2.45) is 0 Å². The number of hydrogen-bond acceptors (Lipinski definition) is 7. The van der Waals surface area contributed by atoms with Crippen LogP contribution in [0.5, 0.6) is 0 Å². The van der Waals surface area contributed by atoms with Gasteiger partial charge in [0.1, 0.15) is 11.9 Å². The SMILES string of the molecule is CC(C)(C)OC(=O)CSc1nc(Cl)nc(-n2ccnc2)n1. The molecule has 7 nitrogen and oxygen atoms in total. The van der Waals surface area contributed by atoms with Gasteiger partial charge in [0.25, 0.3) is 0 Å². The molecule has 0 amide bonds. The maximum Gasteiger partial charge on any atom is 0.316 e. The van der Waals surface area contributed by atoms with Crippen molar-refractivity contribution in [3.8, 4) is 5.95 Å². The summed E-state index contributed by atoms with van der Waals surface area (Å²) in [5, 5.41) is 0.407. The summed E-state index contributed by atoms with van der Waals surface area (Å²) in [6, 6.07) is 0. The Labute approximate surface area is 131 Å². The molecule has 0 saturated carbocycles. The fraction of sp³-hybridized carbons (Fsp3) is 0.417. The molecule has 9 heteroatoms. The first-order chi connectivity index (χ1) is 9.83. The molecule has 0 N–H and O–H groups in total. The fourth-order valence-corrected chi connectivity index (χ4v) is 2.18. The van der Waals surface area contributed by atoms with Crippen LogP contribution < -0.4 is 0 Å². The smallest absolute Gasteiger partial charge is 0.316 e. The van der Waals surface area contributed by atoms with E-state index in [2.05, 4.69) is 19.9 Å². The average Bonchev–Trinajstić information content (AvgIpc) is 2.87. The lowest BCUT2D eigenvalue weighted by atomic mass is 10.2. The van der Waals surface area contributed by atoms with Crippen molar-refractivity contribution in [2.45, 2.75) is 31.5 Å². The number of imidazole rings is 1. The molecule has 112 valence electrons. The molecule has 0 aromatic carbocycles. The average molecular weight is 328 g/mol. The highest BCUT2D eigenvalue weighted by Crippen LogP contribution is 2.18. The second-order valence-corrected chi connectivity index (χ2v) is 6.31. The predicted octanol–water partition coefficient (Wildman–Crippen LogP) is 2.14. The van der Waals surface area contributed by atoms with Crippen LogP contribution in [0.3, 0.4) is 0 Å². The minimum Gasteiger partial charge on any atom is -0.459 e. The van der Waals surface area contributed by atoms with E-state index in [0.29, 0.717) is 11.1 Å². The van der Waals surface area contributed by atoms with E-state index >= 15 is 0 Å². The molecule has 0 aliphatic carbocycles. The van der Waals surface area contributed by atoms with Gasteiger partial charge < -0.3 is 4.74 Å². The molecule has 2 rings (SSSR count). The van der Waals surface area contributed by atoms with Gasteiger partial charge in [-0.1, -0.05) is 11.8 Å². The first-order valence-electron chi connectivity index (χ1n) is 6.08. The van der Waals surface area contributed by atoms with Crippen LogP contribution in [-0.4, -0.2) is 41.8 Å². The lowest BCUT2D eigenvalue weighted by molar-refractivity contribution is -0.151. The molecule has 2 aromatic heterocycles. The van der Waals surface area contributed by atoms with E-state index < -0.39 is 5.60 Å². The molecule has 2 aromatic rings. The van der Waals surface area contributed by atoms with Crippen LogP contribution in [0.25, 0.3) is 5.95 Å². The molecule has 0 atom stereocenters. The highest BCUT2D eigenvalue weighted by molar-refractivity contribution is 7.99. The number of esters is 1. The molecule has 0 aliphatic rings. The topological polar surface area (TPSA) is 82.8 Å². The lowest BCUT2D eigenvalue weighted by Crippen LogP contribution is -2.25. The quantitative estimate of drug-likeness (QED) is 0.628. The summed E-state index contributed by atoms with van der Waals surface area (Å²) < 4.78 is 6.82. The summed E-state index contributed by atoms with van der Waals surface area (Å²) in [7, 11) is 0. The number of ether oxygens (including phenoxy) is 1. The van der Waals surface area contributed by atoms with Gasteiger partial charge in [0.05, 0.1) is 5.75 Å². The zero-order valence-corrected chi connectivity index (χ0v) is 13.4. The summed E-state index contributed by atoms with van der Waals surface area (Å²) in [5.74, 6) is 0.105. The third-order valence-electron chi connectivity index (χ3n) is 2.05. The van der Waals surface area contributed by atoms with Crippen LogP contribution in [0.1, 0.15) is 20.8 Å². The highest BCUT2D eigenvalue weighted by atomic mass is 35.5. The van der Waals surface area contributed by atoms with E-state index in [1.807, 2.05) is 20.8 Å². The Kier molecular flexibility index (Phi) is 4.79. The Hall–Kier alpha value is -1.67. The monoisotopic (exact) mass is 327 g/mol. The van der Waals surface area contributed by atoms with E-state index in [-0.39, 0.29) is 17.0 Å². The van der Waals surface area contributed by atoms with Gasteiger partial charge in [0, 0.05) is 12.4 Å². The van der Waals surface area contributed by atoms with Crippen molar-refractivity contribution in [1.29, 1.82) is 0 Å². The van der Waals surface area contributed by atoms with Gasteiger partial charge in [-0.05, 0) is 32.4 Å². The molecule has 0 fully saturated rings. The Morgan fingerprint density at radius 3 is 2.76 bits per heavy atom. The zero-order chi connectivity index (χ0) is 15.5. The molecule has 0 radical (unpaired) electrons. The first-order valence-corrected chi connectivity index (χ1v) is 7.44. The van der Waals surface area contributed by atoms with E-state index in [1.54, 1.807) is 23.3 Å². The molecule has 21 heavy (non-hydrogen) atoms. The van der Waals surface area contributed by atoms with Crippen molar-refractivity contribution < 1.29 is 9.53 Å². The van der Waals surface area contributed by atoms with Crippen LogP contribution >= 0.6 is 23.4 Å². The maximum atomic E-state index is 11.7. The number of hydrogen-bond donors (Lipinski definition) is 0. The van der Waals surface area contributed by atoms with Gasteiger partial charge >= 0.3 is 5.97 Å². The van der Waals surface area contributed by atoms with Crippen molar-refractivity contribution in [2.75, 3.05) is 5.75 Å². The normalized spacial score (nSPS) is 11.4. The largest absolute Gasteiger partial charge is 0.459 e. The molecular weight excluding hydrogens is 314 g/mol. The third-order valence-corrected chi connectivity index (χ3v) is 3.04. The molecular formula is C12H14ClN5O2S. The second-order valence-electron chi connectivity index (χ2n) is 5.03. The highest BCUT2D eigenvalue weighted by Gasteiger charge is 2.17. The van der Waals surface area contributed by atoms with Crippen LogP contribution in [0.4, 0.5) is 0 Å². The van der Waals surface area contributed by atoms with Gasteiger partial charge in [-0.15, -0.1) is 0 Å². The minimum absolute atomic E-state index is 0.0559. The summed E-state index contributed by atoms with van der Waals surface area (Å²) in [6.07, 6.45) is 4.84. The van der Waals surface area contributed by atoms with E-state index in [1.165, 1.54) is 0 Å². The van der Waals surface area contributed by atoms with Crippen LogP contribution in [0, 0.1) is 0 Å². The Morgan fingerprint density at radius 2 is 2.14 bits per heavy atom. The summed E-state index contributed by atoms with van der Waals surface area (Å²) in [5.41, 5.74) is -0.518. The lowest BCUT2D eigenvalue weighted by Gasteiger charge is -2.19.